The molecule has 2 N–H and O–H groups in total. The number of pyridine rings is 1. The van der Waals surface area contributed by atoms with Gasteiger partial charge in [0, 0.05) is 25.5 Å². The Bertz CT molecular complexity index is 429. The third-order valence-electron chi connectivity index (χ3n) is 2.99. The van der Waals surface area contributed by atoms with E-state index in [2.05, 4.69) is 22.5 Å². The van der Waals surface area contributed by atoms with Crippen molar-refractivity contribution in [1.29, 1.82) is 0 Å². The Hall–Kier alpha value is -1.62. The van der Waals surface area contributed by atoms with Crippen molar-refractivity contribution < 1.29 is 9.53 Å². The van der Waals surface area contributed by atoms with Crippen molar-refractivity contribution >= 4 is 11.6 Å². The van der Waals surface area contributed by atoms with Gasteiger partial charge in [-0.1, -0.05) is 13.3 Å². The minimum atomic E-state index is -0.107. The van der Waals surface area contributed by atoms with Crippen molar-refractivity contribution in [1.82, 2.24) is 10.3 Å². The van der Waals surface area contributed by atoms with Gasteiger partial charge in [-0.25, -0.2) is 0 Å². The van der Waals surface area contributed by atoms with Gasteiger partial charge < -0.3 is 15.4 Å². The molecule has 5 heteroatoms. The number of ether oxygens (including phenoxy) is 1. The van der Waals surface area contributed by atoms with Crippen molar-refractivity contribution in [2.24, 2.45) is 0 Å². The molecule has 112 valence electrons. The quantitative estimate of drug-likeness (QED) is 0.767. The molecule has 0 aliphatic heterocycles. The van der Waals surface area contributed by atoms with E-state index in [0.29, 0.717) is 12.2 Å². The van der Waals surface area contributed by atoms with Crippen LogP contribution in [0.1, 0.15) is 42.7 Å². The highest BCUT2D eigenvalue weighted by molar-refractivity contribution is 5.99. The van der Waals surface area contributed by atoms with E-state index in [1.165, 1.54) is 0 Å². The summed E-state index contributed by atoms with van der Waals surface area (Å²) in [5, 5.41) is 6.21. The van der Waals surface area contributed by atoms with Crippen LogP contribution in [0.5, 0.6) is 0 Å². The van der Waals surface area contributed by atoms with Crippen molar-refractivity contribution in [3.8, 4) is 0 Å². The fourth-order valence-electron chi connectivity index (χ4n) is 2.09. The van der Waals surface area contributed by atoms with E-state index in [9.17, 15) is 4.79 Å². The number of hydrogen-bond acceptors (Lipinski definition) is 4. The smallest absolute Gasteiger partial charge is 0.255 e. The number of aromatic nitrogens is 1. The minimum absolute atomic E-state index is 0.0354. The standard InChI is InChI=1S/C15H25N3O2/c1-5-7-12(10-20-4)18-15(19)13-9-17-11(3)8-14(13)16-6-2/h8-9,12H,5-7,10H2,1-4H3,(H,16,17)(H,18,19). The molecule has 1 atom stereocenters. The molecule has 0 aliphatic rings. The van der Waals surface area contributed by atoms with Gasteiger partial charge in [0.2, 0.25) is 0 Å². The molecule has 0 fully saturated rings. The van der Waals surface area contributed by atoms with Crippen LogP contribution in [-0.2, 0) is 4.74 Å². The lowest BCUT2D eigenvalue weighted by molar-refractivity contribution is 0.0892. The second kappa shape index (κ2) is 8.53. The first-order valence-corrected chi connectivity index (χ1v) is 7.12. The van der Waals surface area contributed by atoms with Crippen LogP contribution in [-0.4, -0.2) is 37.2 Å². The lowest BCUT2D eigenvalue weighted by Gasteiger charge is -2.18. The number of carbonyl (C=O) groups excluding carboxylic acids is 1. The molecule has 1 aromatic heterocycles. The number of nitrogens with zero attached hydrogens (tertiary/aromatic N) is 1. The molecule has 0 spiro atoms. The van der Waals surface area contributed by atoms with Crippen molar-refractivity contribution in [2.45, 2.75) is 39.7 Å². The van der Waals surface area contributed by atoms with Gasteiger partial charge in [0.15, 0.2) is 0 Å². The van der Waals surface area contributed by atoms with E-state index < -0.39 is 0 Å². The van der Waals surface area contributed by atoms with E-state index in [-0.39, 0.29) is 11.9 Å². The summed E-state index contributed by atoms with van der Waals surface area (Å²) >= 11 is 0. The van der Waals surface area contributed by atoms with E-state index in [0.717, 1.165) is 30.8 Å². The lowest BCUT2D eigenvalue weighted by Crippen LogP contribution is -2.38. The van der Waals surface area contributed by atoms with Crippen LogP contribution < -0.4 is 10.6 Å². The van der Waals surface area contributed by atoms with Crippen LogP contribution in [0.2, 0.25) is 0 Å². The molecule has 1 unspecified atom stereocenters. The molecule has 1 amide bonds. The van der Waals surface area contributed by atoms with Crippen LogP contribution in [0.4, 0.5) is 5.69 Å². The molecule has 1 heterocycles. The molecule has 5 nitrogen and oxygen atoms in total. The number of amides is 1. The monoisotopic (exact) mass is 279 g/mol. The van der Waals surface area contributed by atoms with Crippen molar-refractivity contribution in [2.75, 3.05) is 25.6 Å². The van der Waals surface area contributed by atoms with Gasteiger partial charge in [0.25, 0.3) is 5.91 Å². The zero-order chi connectivity index (χ0) is 15.0. The molecular weight excluding hydrogens is 254 g/mol. The topological polar surface area (TPSA) is 63.2 Å². The highest BCUT2D eigenvalue weighted by atomic mass is 16.5. The van der Waals surface area contributed by atoms with Crippen LogP contribution in [0, 0.1) is 6.92 Å². The van der Waals surface area contributed by atoms with Crippen molar-refractivity contribution in [3.63, 3.8) is 0 Å². The molecule has 0 saturated carbocycles. The predicted octanol–water partition coefficient (Wildman–Crippen LogP) is 2.37. The third-order valence-corrected chi connectivity index (χ3v) is 2.99. The van der Waals surface area contributed by atoms with E-state index in [4.69, 9.17) is 4.74 Å². The first kappa shape index (κ1) is 16.4. The van der Waals surface area contributed by atoms with Gasteiger partial charge in [-0.2, -0.15) is 0 Å². The molecule has 0 bridgehead atoms. The number of rotatable bonds is 8. The molecule has 0 radical (unpaired) electrons. The van der Waals surface area contributed by atoms with E-state index in [1.807, 2.05) is 19.9 Å². The zero-order valence-electron chi connectivity index (χ0n) is 12.8. The Morgan fingerprint density at radius 2 is 2.20 bits per heavy atom. The van der Waals surface area contributed by atoms with Gasteiger partial charge in [0.1, 0.15) is 0 Å². The molecule has 1 rings (SSSR count). The average molecular weight is 279 g/mol. The van der Waals surface area contributed by atoms with Gasteiger partial charge in [0.05, 0.1) is 23.9 Å². The zero-order valence-corrected chi connectivity index (χ0v) is 12.8. The van der Waals surface area contributed by atoms with Gasteiger partial charge in [-0.05, 0) is 26.3 Å². The summed E-state index contributed by atoms with van der Waals surface area (Å²) in [5.41, 5.74) is 2.29. The lowest BCUT2D eigenvalue weighted by atomic mass is 10.1. The Kier molecular flexibility index (Phi) is 7.01. The van der Waals surface area contributed by atoms with Gasteiger partial charge >= 0.3 is 0 Å². The van der Waals surface area contributed by atoms with Gasteiger partial charge in [-0.3, -0.25) is 9.78 Å². The Morgan fingerprint density at radius 3 is 2.80 bits per heavy atom. The summed E-state index contributed by atoms with van der Waals surface area (Å²) in [6.07, 6.45) is 3.52. The first-order valence-electron chi connectivity index (χ1n) is 7.12. The number of aryl methyl sites for hydroxylation is 1. The van der Waals surface area contributed by atoms with Crippen LogP contribution in [0.25, 0.3) is 0 Å². The summed E-state index contributed by atoms with van der Waals surface area (Å²) < 4.78 is 5.14. The van der Waals surface area contributed by atoms with E-state index >= 15 is 0 Å². The predicted molar refractivity (Wildman–Crippen MR) is 81.2 cm³/mol. The Labute approximate surface area is 121 Å². The average Bonchev–Trinajstić information content (AvgIpc) is 2.39. The summed E-state index contributed by atoms with van der Waals surface area (Å²) in [4.78, 5) is 16.6. The molecule has 1 aromatic rings. The molecular formula is C15H25N3O2. The van der Waals surface area contributed by atoms with Crippen LogP contribution in [0.3, 0.4) is 0 Å². The van der Waals surface area contributed by atoms with Gasteiger partial charge in [-0.15, -0.1) is 0 Å². The SMILES string of the molecule is CCCC(COC)NC(=O)c1cnc(C)cc1NCC. The normalized spacial score (nSPS) is 12.0. The van der Waals surface area contributed by atoms with Crippen molar-refractivity contribution in [3.05, 3.63) is 23.5 Å². The number of methoxy groups -OCH3 is 1. The fourth-order valence-corrected chi connectivity index (χ4v) is 2.09. The summed E-state index contributed by atoms with van der Waals surface area (Å²) in [6, 6.07) is 1.93. The summed E-state index contributed by atoms with van der Waals surface area (Å²) in [7, 11) is 1.65. The minimum Gasteiger partial charge on any atom is -0.385 e. The second-order valence-electron chi connectivity index (χ2n) is 4.82. The first-order chi connectivity index (χ1) is 9.62. The maximum absolute atomic E-state index is 12.4. The van der Waals surface area contributed by atoms with Crippen LogP contribution in [0.15, 0.2) is 12.3 Å². The number of anilines is 1. The largest absolute Gasteiger partial charge is 0.385 e. The Morgan fingerprint density at radius 1 is 1.45 bits per heavy atom. The number of carbonyl (C=O) groups is 1. The third kappa shape index (κ3) is 4.81. The number of hydrogen-bond donors (Lipinski definition) is 2. The van der Waals surface area contributed by atoms with E-state index in [1.54, 1.807) is 13.3 Å². The summed E-state index contributed by atoms with van der Waals surface area (Å²) in [5.74, 6) is -0.107. The molecule has 0 aliphatic carbocycles. The summed E-state index contributed by atoms with van der Waals surface area (Å²) in [6.45, 7) is 7.29. The second-order valence-corrected chi connectivity index (χ2v) is 4.82. The molecule has 0 saturated heterocycles. The van der Waals surface area contributed by atoms with Crippen LogP contribution >= 0.6 is 0 Å². The molecule has 20 heavy (non-hydrogen) atoms. The fraction of sp³-hybridized carbons (Fsp3) is 0.600. The maximum atomic E-state index is 12.4. The highest BCUT2D eigenvalue weighted by Crippen LogP contribution is 2.16. The Balaban J connectivity index is 2.84. The highest BCUT2D eigenvalue weighted by Gasteiger charge is 2.16. The molecule has 0 aromatic carbocycles. The number of nitrogens with one attached hydrogen (secondary N) is 2. The maximum Gasteiger partial charge on any atom is 0.255 e.